The Morgan fingerprint density at radius 1 is 1.22 bits per heavy atom. The fourth-order valence-corrected chi connectivity index (χ4v) is 5.72. The van der Waals surface area contributed by atoms with Crippen LogP contribution < -0.4 is 5.32 Å². The molecule has 6 nitrogen and oxygen atoms in total. The Morgan fingerprint density at radius 3 is 2.33 bits per heavy atom. The molecule has 2 aliphatic rings. The lowest BCUT2D eigenvalue weighted by Crippen LogP contribution is -2.59. The minimum absolute atomic E-state index is 0.140. The van der Waals surface area contributed by atoms with Crippen molar-refractivity contribution < 1.29 is 13.2 Å². The molecule has 2 saturated heterocycles. The number of nitrogens with zero attached hydrogens (tertiary/aromatic N) is 2. The van der Waals surface area contributed by atoms with Gasteiger partial charge in [0.15, 0.2) is 0 Å². The largest absolute Gasteiger partial charge is 0.323 e. The van der Waals surface area contributed by atoms with Crippen LogP contribution in [0.5, 0.6) is 0 Å². The smallest absolute Gasteiger partial charge is 0.243 e. The molecule has 0 radical (unpaired) electrons. The summed E-state index contributed by atoms with van der Waals surface area (Å²) in [5, 5.41) is 4.07. The first kappa shape index (κ1) is 20.6. The summed E-state index contributed by atoms with van der Waals surface area (Å²) in [5.74, 6) is 0.391. The molecular weight excluding hydrogens is 386 g/mol. The molecule has 0 aromatic heterocycles. The lowest BCUT2D eigenvalue weighted by Gasteiger charge is -2.44. The van der Waals surface area contributed by atoms with Gasteiger partial charge in [-0.2, -0.15) is 4.31 Å². The van der Waals surface area contributed by atoms with Gasteiger partial charge in [0.05, 0.1) is 16.6 Å². The highest BCUT2D eigenvalue weighted by Crippen LogP contribution is 2.36. The first-order valence-corrected chi connectivity index (χ1v) is 11.4. The van der Waals surface area contributed by atoms with Crippen LogP contribution in [-0.2, 0) is 14.8 Å². The monoisotopic (exact) mass is 413 g/mol. The third-order valence-corrected chi connectivity index (χ3v) is 8.17. The van der Waals surface area contributed by atoms with Gasteiger partial charge in [-0.05, 0) is 49.9 Å². The van der Waals surface area contributed by atoms with Crippen LogP contribution in [0.25, 0.3) is 0 Å². The summed E-state index contributed by atoms with van der Waals surface area (Å²) in [7, 11) is -3.55. The van der Waals surface area contributed by atoms with Gasteiger partial charge in [0.25, 0.3) is 0 Å². The van der Waals surface area contributed by atoms with E-state index < -0.39 is 15.7 Å². The maximum Gasteiger partial charge on any atom is 0.243 e. The minimum Gasteiger partial charge on any atom is -0.323 e. The summed E-state index contributed by atoms with van der Waals surface area (Å²) < 4.78 is 27.3. The molecule has 2 heterocycles. The van der Waals surface area contributed by atoms with Gasteiger partial charge in [-0.1, -0.05) is 31.9 Å². The standard InChI is InChI=1S/C19H28ClN3O3S/c1-4-14(3)17-18(24)23(5-2)19(21-17)10-12-22(13-11-19)27(25,26)16-8-6-15(20)7-9-16/h6-9,14,17,21H,4-5,10-13H2,1-3H3/t14-,17-/m0/s1. The fraction of sp³-hybridized carbons (Fsp3) is 0.632. The fourth-order valence-electron chi connectivity index (χ4n) is 4.15. The summed E-state index contributed by atoms with van der Waals surface area (Å²) in [4.78, 5) is 15.0. The maximum absolute atomic E-state index is 12.9. The number of piperidine rings is 1. The number of hydrogen-bond donors (Lipinski definition) is 1. The number of carbonyl (C=O) groups excluding carboxylic acids is 1. The number of hydrogen-bond acceptors (Lipinski definition) is 4. The zero-order valence-corrected chi connectivity index (χ0v) is 17.7. The Bertz CT molecular complexity index is 789. The van der Waals surface area contributed by atoms with E-state index in [9.17, 15) is 13.2 Å². The molecule has 1 N–H and O–H groups in total. The van der Waals surface area contributed by atoms with Gasteiger partial charge in [0, 0.05) is 24.7 Å². The summed E-state index contributed by atoms with van der Waals surface area (Å²) in [6.45, 7) is 7.55. The summed E-state index contributed by atoms with van der Waals surface area (Å²) in [6, 6.07) is 6.07. The first-order chi connectivity index (χ1) is 12.7. The van der Waals surface area contributed by atoms with Crippen molar-refractivity contribution in [3.63, 3.8) is 0 Å². The van der Waals surface area contributed by atoms with E-state index in [-0.39, 0.29) is 22.8 Å². The van der Waals surface area contributed by atoms with E-state index in [1.54, 1.807) is 12.1 Å². The SMILES string of the molecule is CC[C@H](C)[C@@H]1NC2(CCN(S(=O)(=O)c3ccc(Cl)cc3)CC2)N(CC)C1=O. The Balaban J connectivity index is 1.77. The Morgan fingerprint density at radius 2 is 1.81 bits per heavy atom. The van der Waals surface area contributed by atoms with E-state index in [1.807, 2.05) is 11.8 Å². The van der Waals surface area contributed by atoms with Crippen molar-refractivity contribution in [1.82, 2.24) is 14.5 Å². The van der Waals surface area contributed by atoms with E-state index in [0.29, 0.717) is 37.5 Å². The number of benzene rings is 1. The first-order valence-electron chi connectivity index (χ1n) is 9.60. The molecule has 0 bridgehead atoms. The van der Waals surface area contributed by atoms with Gasteiger partial charge in [-0.3, -0.25) is 10.1 Å². The second kappa shape index (κ2) is 7.70. The second-order valence-corrected chi connectivity index (χ2v) is 9.85. The molecular formula is C19H28ClN3O3S. The average Bonchev–Trinajstić information content (AvgIpc) is 2.93. The van der Waals surface area contributed by atoms with Crippen molar-refractivity contribution in [2.24, 2.45) is 5.92 Å². The minimum atomic E-state index is -3.55. The molecule has 0 unspecified atom stereocenters. The molecule has 150 valence electrons. The van der Waals surface area contributed by atoms with Gasteiger partial charge < -0.3 is 4.90 Å². The third kappa shape index (κ3) is 3.62. The lowest BCUT2D eigenvalue weighted by atomic mass is 9.96. The molecule has 27 heavy (non-hydrogen) atoms. The predicted octanol–water partition coefficient (Wildman–Crippen LogP) is 2.69. The molecule has 8 heteroatoms. The van der Waals surface area contributed by atoms with Crippen molar-refractivity contribution in [3.8, 4) is 0 Å². The maximum atomic E-state index is 12.9. The van der Waals surface area contributed by atoms with E-state index in [0.717, 1.165) is 6.42 Å². The van der Waals surface area contributed by atoms with Gasteiger partial charge >= 0.3 is 0 Å². The van der Waals surface area contributed by atoms with E-state index in [2.05, 4.69) is 19.2 Å². The van der Waals surface area contributed by atoms with Crippen molar-refractivity contribution in [1.29, 1.82) is 0 Å². The van der Waals surface area contributed by atoms with E-state index >= 15 is 0 Å². The van der Waals surface area contributed by atoms with Gasteiger partial charge in [-0.15, -0.1) is 0 Å². The zero-order chi connectivity index (χ0) is 19.8. The van der Waals surface area contributed by atoms with Crippen LogP contribution in [-0.4, -0.2) is 54.9 Å². The number of rotatable bonds is 5. The normalized spacial score (nSPS) is 24.5. The second-order valence-electron chi connectivity index (χ2n) is 7.48. The highest BCUT2D eigenvalue weighted by atomic mass is 35.5. The van der Waals surface area contributed by atoms with Crippen LogP contribution in [0.2, 0.25) is 5.02 Å². The lowest BCUT2D eigenvalue weighted by molar-refractivity contribution is -0.133. The predicted molar refractivity (Wildman–Crippen MR) is 106 cm³/mol. The van der Waals surface area contributed by atoms with Crippen LogP contribution in [0.1, 0.15) is 40.0 Å². The van der Waals surface area contributed by atoms with Gasteiger partial charge in [0.2, 0.25) is 15.9 Å². The van der Waals surface area contributed by atoms with Crippen LogP contribution in [0.4, 0.5) is 0 Å². The number of halogens is 1. The summed E-state index contributed by atoms with van der Waals surface area (Å²) in [6.07, 6.45) is 2.10. The van der Waals surface area contributed by atoms with Gasteiger partial charge in [0.1, 0.15) is 0 Å². The summed E-state index contributed by atoms with van der Waals surface area (Å²) in [5.41, 5.74) is -0.439. The Labute approximate surface area is 166 Å². The quantitative estimate of drug-likeness (QED) is 0.805. The van der Waals surface area contributed by atoms with Crippen molar-refractivity contribution in [2.75, 3.05) is 19.6 Å². The molecule has 2 aliphatic heterocycles. The molecule has 2 fully saturated rings. The van der Waals surface area contributed by atoms with Crippen molar-refractivity contribution in [2.45, 2.75) is 56.6 Å². The van der Waals surface area contributed by atoms with Crippen LogP contribution in [0.3, 0.4) is 0 Å². The summed E-state index contributed by atoms with van der Waals surface area (Å²) >= 11 is 5.87. The Hall–Kier alpha value is -1.15. The van der Waals surface area contributed by atoms with Crippen LogP contribution in [0, 0.1) is 5.92 Å². The molecule has 1 aromatic rings. The molecule has 2 atom stereocenters. The molecule has 1 aromatic carbocycles. The van der Waals surface area contributed by atoms with E-state index in [1.165, 1.54) is 16.4 Å². The molecule has 1 spiro atoms. The highest BCUT2D eigenvalue weighted by molar-refractivity contribution is 7.89. The van der Waals surface area contributed by atoms with Crippen LogP contribution >= 0.6 is 11.6 Å². The average molecular weight is 414 g/mol. The highest BCUT2D eigenvalue weighted by Gasteiger charge is 2.52. The third-order valence-electron chi connectivity index (χ3n) is 6.00. The number of amides is 1. The number of sulfonamides is 1. The molecule has 0 saturated carbocycles. The molecule has 3 rings (SSSR count). The van der Waals surface area contributed by atoms with Crippen molar-refractivity contribution >= 4 is 27.5 Å². The topological polar surface area (TPSA) is 69.7 Å². The molecule has 0 aliphatic carbocycles. The van der Waals surface area contributed by atoms with Crippen molar-refractivity contribution in [3.05, 3.63) is 29.3 Å². The zero-order valence-electron chi connectivity index (χ0n) is 16.1. The Kier molecular flexibility index (Phi) is 5.87. The number of likely N-dealkylation sites (N-methyl/N-ethyl adjacent to an activating group) is 1. The van der Waals surface area contributed by atoms with Crippen LogP contribution in [0.15, 0.2) is 29.2 Å². The van der Waals surface area contributed by atoms with E-state index in [4.69, 9.17) is 11.6 Å². The van der Waals surface area contributed by atoms with Gasteiger partial charge in [-0.25, -0.2) is 8.42 Å². The number of nitrogens with one attached hydrogen (secondary N) is 1. The molecule has 1 amide bonds. The number of carbonyl (C=O) groups is 1.